The van der Waals surface area contributed by atoms with Crippen LogP contribution in [0.3, 0.4) is 0 Å². The second-order valence-electron chi connectivity index (χ2n) is 6.46. The Morgan fingerprint density at radius 2 is 2.00 bits per heavy atom. The Bertz CT molecular complexity index is 416. The van der Waals surface area contributed by atoms with E-state index in [1.807, 2.05) is 0 Å². The molecule has 1 saturated carbocycles. The van der Waals surface area contributed by atoms with Crippen LogP contribution in [0.5, 0.6) is 0 Å². The van der Waals surface area contributed by atoms with E-state index in [9.17, 15) is 0 Å². The van der Waals surface area contributed by atoms with Crippen molar-refractivity contribution in [2.45, 2.75) is 57.0 Å². The fraction of sp³-hybridized carbons (Fsp3) is 0.600. The van der Waals surface area contributed by atoms with Crippen LogP contribution in [-0.4, -0.2) is 11.6 Å². The van der Waals surface area contributed by atoms with Crippen molar-refractivity contribution in [2.24, 2.45) is 0 Å². The molecule has 1 spiro atoms. The first-order chi connectivity index (χ1) is 7.51. The van der Waals surface area contributed by atoms with Gasteiger partial charge < -0.3 is 5.32 Å². The first-order valence-electron chi connectivity index (χ1n) is 6.37. The largest absolute Gasteiger partial charge is 0.308 e. The van der Waals surface area contributed by atoms with Gasteiger partial charge in [-0.25, -0.2) is 0 Å². The molecule has 0 bridgehead atoms. The summed E-state index contributed by atoms with van der Waals surface area (Å²) in [5.74, 6) is 0. The molecule has 1 N–H and O–H groups in total. The molecule has 0 saturated heterocycles. The average Bonchev–Trinajstić information content (AvgIpc) is 2.72. The first-order valence-corrected chi connectivity index (χ1v) is 6.37. The van der Waals surface area contributed by atoms with Gasteiger partial charge in [-0.05, 0) is 51.2 Å². The summed E-state index contributed by atoms with van der Waals surface area (Å²) in [6.07, 6.45) is 3.96. The topological polar surface area (TPSA) is 12.0 Å². The van der Waals surface area contributed by atoms with Crippen LogP contribution in [0.15, 0.2) is 24.3 Å². The highest BCUT2D eigenvalue weighted by atomic mass is 15.1. The van der Waals surface area contributed by atoms with E-state index in [1.165, 1.54) is 19.3 Å². The van der Waals surface area contributed by atoms with Crippen molar-refractivity contribution in [3.8, 4) is 0 Å². The van der Waals surface area contributed by atoms with Crippen LogP contribution in [0.4, 0.5) is 0 Å². The summed E-state index contributed by atoms with van der Waals surface area (Å²) < 4.78 is 0. The summed E-state index contributed by atoms with van der Waals surface area (Å²) in [6, 6.07) is 9.71. The maximum atomic E-state index is 3.77. The summed E-state index contributed by atoms with van der Waals surface area (Å²) in [5.41, 5.74) is 3.94. The fourth-order valence-electron chi connectivity index (χ4n) is 3.31. The molecule has 0 radical (unpaired) electrons. The Morgan fingerprint density at radius 3 is 2.75 bits per heavy atom. The Kier molecular flexibility index (Phi) is 2.00. The lowest BCUT2D eigenvalue weighted by molar-refractivity contribution is 0.399. The lowest BCUT2D eigenvalue weighted by Crippen LogP contribution is -2.40. The van der Waals surface area contributed by atoms with E-state index in [1.54, 1.807) is 11.1 Å². The van der Waals surface area contributed by atoms with Gasteiger partial charge in [-0.1, -0.05) is 24.3 Å². The zero-order chi connectivity index (χ0) is 11.4. The monoisotopic (exact) mass is 215 g/mol. The van der Waals surface area contributed by atoms with E-state index in [-0.39, 0.29) is 5.54 Å². The first kappa shape index (κ1) is 10.3. The summed E-state index contributed by atoms with van der Waals surface area (Å²) in [6.45, 7) is 6.79. The van der Waals surface area contributed by atoms with Gasteiger partial charge in [0, 0.05) is 17.0 Å². The van der Waals surface area contributed by atoms with Crippen molar-refractivity contribution >= 4 is 0 Å². The fourth-order valence-corrected chi connectivity index (χ4v) is 3.31. The Hall–Kier alpha value is -0.820. The molecular weight excluding hydrogens is 194 g/mol. The third-order valence-electron chi connectivity index (χ3n) is 4.08. The van der Waals surface area contributed by atoms with Crippen molar-refractivity contribution in [3.63, 3.8) is 0 Å². The lowest BCUT2D eigenvalue weighted by Gasteiger charge is -2.23. The van der Waals surface area contributed by atoms with Crippen molar-refractivity contribution in [1.82, 2.24) is 5.32 Å². The zero-order valence-corrected chi connectivity index (χ0v) is 10.5. The molecule has 2 aliphatic carbocycles. The Balaban J connectivity index is 1.85. The maximum Gasteiger partial charge on any atom is 0.0179 e. The SMILES string of the molecule is CC(C)(C)N[C@@H]1CC12CCc1ccccc12. The molecule has 0 amide bonds. The van der Waals surface area contributed by atoms with Crippen LogP contribution in [-0.2, 0) is 11.8 Å². The number of fused-ring (bicyclic) bond motifs is 2. The summed E-state index contributed by atoms with van der Waals surface area (Å²) in [7, 11) is 0. The van der Waals surface area contributed by atoms with Crippen LogP contribution >= 0.6 is 0 Å². The quantitative estimate of drug-likeness (QED) is 0.759. The minimum atomic E-state index is 0.242. The van der Waals surface area contributed by atoms with Gasteiger partial charge in [0.2, 0.25) is 0 Å². The van der Waals surface area contributed by atoms with E-state index in [0.717, 1.165) is 0 Å². The van der Waals surface area contributed by atoms with Crippen LogP contribution in [0, 0.1) is 0 Å². The third kappa shape index (κ3) is 1.49. The van der Waals surface area contributed by atoms with Crippen LogP contribution < -0.4 is 5.32 Å². The van der Waals surface area contributed by atoms with Gasteiger partial charge in [-0.2, -0.15) is 0 Å². The van der Waals surface area contributed by atoms with Crippen LogP contribution in [0.25, 0.3) is 0 Å². The van der Waals surface area contributed by atoms with E-state index in [4.69, 9.17) is 0 Å². The molecule has 1 nitrogen and oxygen atoms in total. The second kappa shape index (κ2) is 3.10. The van der Waals surface area contributed by atoms with E-state index in [2.05, 4.69) is 50.4 Å². The van der Waals surface area contributed by atoms with Gasteiger partial charge in [-0.3, -0.25) is 0 Å². The highest BCUT2D eigenvalue weighted by Gasteiger charge is 2.58. The zero-order valence-electron chi connectivity index (χ0n) is 10.5. The van der Waals surface area contributed by atoms with E-state index < -0.39 is 0 Å². The number of hydrogen-bond donors (Lipinski definition) is 1. The van der Waals surface area contributed by atoms with Crippen molar-refractivity contribution in [2.75, 3.05) is 0 Å². The smallest absolute Gasteiger partial charge is 0.0179 e. The Labute approximate surface area is 98.3 Å². The molecule has 1 aromatic carbocycles. The van der Waals surface area contributed by atoms with Crippen LogP contribution in [0.2, 0.25) is 0 Å². The number of benzene rings is 1. The molecule has 0 aliphatic heterocycles. The van der Waals surface area contributed by atoms with Gasteiger partial charge in [0.05, 0.1) is 0 Å². The molecule has 86 valence electrons. The van der Waals surface area contributed by atoms with Crippen molar-refractivity contribution < 1.29 is 0 Å². The minimum absolute atomic E-state index is 0.242. The molecule has 2 atom stereocenters. The number of nitrogens with one attached hydrogen (secondary N) is 1. The van der Waals surface area contributed by atoms with Crippen LogP contribution in [0.1, 0.15) is 44.7 Å². The Morgan fingerprint density at radius 1 is 1.25 bits per heavy atom. The minimum Gasteiger partial charge on any atom is -0.308 e. The van der Waals surface area contributed by atoms with Gasteiger partial charge in [-0.15, -0.1) is 0 Å². The van der Waals surface area contributed by atoms with Gasteiger partial charge >= 0.3 is 0 Å². The number of hydrogen-bond acceptors (Lipinski definition) is 1. The molecule has 0 heterocycles. The van der Waals surface area contributed by atoms with Gasteiger partial charge in [0.1, 0.15) is 0 Å². The van der Waals surface area contributed by atoms with Gasteiger partial charge in [0.15, 0.2) is 0 Å². The predicted molar refractivity (Wildman–Crippen MR) is 67.7 cm³/mol. The second-order valence-corrected chi connectivity index (χ2v) is 6.46. The summed E-state index contributed by atoms with van der Waals surface area (Å²) in [4.78, 5) is 0. The third-order valence-corrected chi connectivity index (χ3v) is 4.08. The molecular formula is C15H21N. The standard InChI is InChI=1S/C15H21N/c1-14(2,3)16-13-10-15(13)9-8-11-6-4-5-7-12(11)15/h4-7,13,16H,8-10H2,1-3H3/t13-,15?/m1/s1. The van der Waals surface area contributed by atoms with E-state index in [0.29, 0.717) is 11.5 Å². The molecule has 2 aliphatic rings. The predicted octanol–water partition coefficient (Wildman–Crippen LogP) is 3.03. The molecule has 1 fully saturated rings. The molecule has 0 aromatic heterocycles. The lowest BCUT2D eigenvalue weighted by atomic mass is 9.96. The average molecular weight is 215 g/mol. The highest BCUT2D eigenvalue weighted by Crippen LogP contribution is 2.57. The normalized spacial score (nSPS) is 31.8. The van der Waals surface area contributed by atoms with Crippen molar-refractivity contribution in [3.05, 3.63) is 35.4 Å². The highest BCUT2D eigenvalue weighted by molar-refractivity contribution is 5.46. The van der Waals surface area contributed by atoms with E-state index >= 15 is 0 Å². The maximum absolute atomic E-state index is 3.77. The van der Waals surface area contributed by atoms with Gasteiger partial charge in [0.25, 0.3) is 0 Å². The number of aryl methyl sites for hydroxylation is 1. The number of rotatable bonds is 1. The molecule has 3 rings (SSSR count). The molecule has 1 unspecified atom stereocenters. The summed E-state index contributed by atoms with van der Waals surface area (Å²) >= 11 is 0. The molecule has 1 aromatic rings. The van der Waals surface area contributed by atoms with Crippen molar-refractivity contribution in [1.29, 1.82) is 0 Å². The summed E-state index contributed by atoms with van der Waals surface area (Å²) in [5, 5.41) is 3.77. The molecule has 16 heavy (non-hydrogen) atoms. The molecule has 1 heteroatoms.